The average Bonchev–Trinajstić information content (AvgIpc) is 3.93. The van der Waals surface area contributed by atoms with E-state index in [9.17, 15) is 33.9 Å². The van der Waals surface area contributed by atoms with Crippen LogP contribution in [0.25, 0.3) is 22.2 Å². The number of thiol groups is 1. The van der Waals surface area contributed by atoms with Gasteiger partial charge in [0.2, 0.25) is 0 Å². The van der Waals surface area contributed by atoms with Gasteiger partial charge in [0, 0.05) is 72.2 Å². The molecule has 348 valence electrons. The molecular formula is C39H47Cl2N7O13S3. The summed E-state index contributed by atoms with van der Waals surface area (Å²) in [5.74, 6) is -2.88. The summed E-state index contributed by atoms with van der Waals surface area (Å²) in [6.07, 6.45) is 10.3. The molecule has 5 aromatic heterocycles. The van der Waals surface area contributed by atoms with E-state index in [1.54, 1.807) is 96.9 Å². The second-order valence-corrected chi connectivity index (χ2v) is 17.6. The van der Waals surface area contributed by atoms with Crippen LogP contribution in [0.4, 0.5) is 9.59 Å². The summed E-state index contributed by atoms with van der Waals surface area (Å²) in [6, 6.07) is 2.72. The molecule has 0 bridgehead atoms. The highest BCUT2D eigenvalue weighted by Gasteiger charge is 2.26. The largest absolute Gasteiger partial charge is 0.481 e. The van der Waals surface area contributed by atoms with Gasteiger partial charge < -0.3 is 49.2 Å². The fourth-order valence-electron chi connectivity index (χ4n) is 4.53. The van der Waals surface area contributed by atoms with Crippen molar-refractivity contribution in [3.63, 3.8) is 0 Å². The number of carboxylic acids is 3. The van der Waals surface area contributed by atoms with Crippen LogP contribution in [0.1, 0.15) is 47.1 Å². The quantitative estimate of drug-likeness (QED) is 0.0533. The van der Waals surface area contributed by atoms with Gasteiger partial charge in [-0.25, -0.2) is 24.2 Å². The Morgan fingerprint density at radius 1 is 0.906 bits per heavy atom. The van der Waals surface area contributed by atoms with Crippen LogP contribution in [0.3, 0.4) is 0 Å². The van der Waals surface area contributed by atoms with Crippen LogP contribution >= 0.6 is 60.2 Å². The van der Waals surface area contributed by atoms with Gasteiger partial charge >= 0.3 is 30.1 Å². The molecule has 5 aromatic rings. The molecule has 64 heavy (non-hydrogen) atoms. The second kappa shape index (κ2) is 25.7. The number of allylic oxidation sites excluding steroid dienone is 1. The normalized spacial score (nSPS) is 14.0. The summed E-state index contributed by atoms with van der Waals surface area (Å²) in [4.78, 5) is 86.3. The number of ether oxygens (including phenoxy) is 2. The zero-order valence-electron chi connectivity index (χ0n) is 35.1. The minimum Gasteiger partial charge on any atom is -0.481 e. The minimum absolute atomic E-state index is 0. The summed E-state index contributed by atoms with van der Waals surface area (Å²) < 4.78 is 20.4. The Kier molecular flexibility index (Phi) is 22.0. The van der Waals surface area contributed by atoms with E-state index in [4.69, 9.17) is 40.1 Å². The van der Waals surface area contributed by atoms with Gasteiger partial charge in [0.05, 0.1) is 18.3 Å². The molecule has 6 N–H and O–H groups in total. The standard InChI is InChI=1S/C14H17N3O5S.C11H11NO3S.C8H15NO4S.C6H3ClN2O.ClH/c1-14(2,3)22-12(20)16-9(11(18)19)7-23-13-17-8-6-15-5-4-10(8)21-13;13-10-1-2-12-5-7(10)3-9-4-8(6-16-9)11(14)15;1-8(2,3)13-7(12)9-5(4-14)6(10)11;7-6-9-4-3-8-2-1-5(4)10-6;/h4-6,9H,7H2,1-3H3,(H,16,20)(H,18,19);1-2,4-5,8H,3,6H2,(H,12,13)(H,14,15);5,14H,4H2,1-3H3,(H,9,12)(H,10,11);1-3H;1H/t9-;8-;5-;;/m000../s1. The topological polar surface area (TPSA) is 299 Å². The van der Waals surface area contributed by atoms with Crippen LogP contribution in [-0.2, 0) is 30.3 Å². The van der Waals surface area contributed by atoms with Gasteiger partial charge in [-0.15, -0.1) is 24.2 Å². The molecule has 0 fully saturated rings. The molecule has 0 saturated carbocycles. The Hall–Kier alpha value is -5.49. The number of aromatic amines is 1. The zero-order valence-corrected chi connectivity index (χ0v) is 39.2. The van der Waals surface area contributed by atoms with Gasteiger partial charge in [-0.05, 0) is 58.0 Å². The molecule has 0 aromatic carbocycles. The number of H-pyrrole nitrogens is 1. The third-order valence-electron chi connectivity index (χ3n) is 7.29. The number of hydrogen-bond donors (Lipinski definition) is 7. The van der Waals surface area contributed by atoms with Gasteiger partial charge in [-0.1, -0.05) is 17.8 Å². The lowest BCUT2D eigenvalue weighted by molar-refractivity contribution is -0.140. The molecule has 20 nitrogen and oxygen atoms in total. The monoisotopic (exact) mass is 987 g/mol. The molecule has 6 heterocycles. The Bertz CT molecular complexity index is 2370. The maximum Gasteiger partial charge on any atom is 0.408 e. The first-order valence-corrected chi connectivity index (χ1v) is 21.5. The van der Waals surface area contributed by atoms with Crippen molar-refractivity contribution in [2.75, 3.05) is 17.3 Å². The number of halogens is 2. The van der Waals surface area contributed by atoms with Crippen LogP contribution in [0.5, 0.6) is 0 Å². The number of aromatic nitrogens is 5. The number of hydrogen-bond acceptors (Lipinski definition) is 17. The third-order valence-corrected chi connectivity index (χ3v) is 9.92. The Morgan fingerprint density at radius 2 is 1.45 bits per heavy atom. The first-order chi connectivity index (χ1) is 29.5. The molecule has 6 rings (SSSR count). The number of alkyl carbamates (subject to hydrolysis) is 2. The number of carbonyl (C=O) groups is 5. The lowest BCUT2D eigenvalue weighted by Gasteiger charge is -2.21. The summed E-state index contributed by atoms with van der Waals surface area (Å²) in [5.41, 5.74) is 1.83. The highest BCUT2D eigenvalue weighted by atomic mass is 35.5. The van der Waals surface area contributed by atoms with Crippen molar-refractivity contribution in [3.05, 3.63) is 87.5 Å². The average molecular weight is 989 g/mol. The fourth-order valence-corrected chi connectivity index (χ4v) is 6.95. The van der Waals surface area contributed by atoms with Crippen molar-refractivity contribution in [1.29, 1.82) is 0 Å². The van der Waals surface area contributed by atoms with Crippen LogP contribution in [-0.4, -0.2) is 111 Å². The predicted molar refractivity (Wildman–Crippen MR) is 244 cm³/mol. The third kappa shape index (κ3) is 19.9. The number of rotatable bonds is 11. The van der Waals surface area contributed by atoms with Gasteiger partial charge in [-0.3, -0.25) is 19.6 Å². The molecule has 1 aliphatic rings. The predicted octanol–water partition coefficient (Wildman–Crippen LogP) is 6.73. The molecule has 0 spiro atoms. The number of aliphatic carboxylic acids is 3. The van der Waals surface area contributed by atoms with E-state index >= 15 is 0 Å². The maximum absolute atomic E-state index is 11.7. The Balaban J connectivity index is 0.000000304. The van der Waals surface area contributed by atoms with Crippen molar-refractivity contribution >= 4 is 112 Å². The number of carbonyl (C=O) groups excluding carboxylic acids is 2. The highest BCUT2D eigenvalue weighted by molar-refractivity contribution is 8.03. The SMILES string of the molecule is CC(C)(C)OC(=O)N[C@@H](CS)C(=O)O.CC(C)(C)OC(=O)N[C@@H](CSc1nc2cnccc2o1)C(=O)O.Cl.Clc1nc2cnccc2o1.O=C(O)[C@H]1C=C(Cc2c[nH]ccc2=O)SC1. The molecule has 0 aliphatic carbocycles. The smallest absolute Gasteiger partial charge is 0.408 e. The van der Waals surface area contributed by atoms with Gasteiger partial charge in [0.15, 0.2) is 16.6 Å². The highest BCUT2D eigenvalue weighted by Crippen LogP contribution is 2.31. The van der Waals surface area contributed by atoms with Crippen LogP contribution in [0, 0.1) is 5.92 Å². The van der Waals surface area contributed by atoms with Crippen molar-refractivity contribution in [3.8, 4) is 0 Å². The first kappa shape index (κ1) is 54.6. The number of thioether (sulfide) groups is 2. The van der Waals surface area contributed by atoms with Gasteiger partial charge in [0.1, 0.15) is 34.3 Å². The number of pyridine rings is 3. The zero-order chi connectivity index (χ0) is 46.9. The number of oxazole rings is 2. The lowest BCUT2D eigenvalue weighted by atomic mass is 10.1. The summed E-state index contributed by atoms with van der Waals surface area (Å²) in [5, 5.41) is 31.6. The van der Waals surface area contributed by atoms with Crippen molar-refractivity contribution in [2.24, 2.45) is 5.92 Å². The first-order valence-electron chi connectivity index (χ1n) is 18.5. The second-order valence-electron chi connectivity index (χ2n) is 14.8. The van der Waals surface area contributed by atoms with Crippen LogP contribution in [0.2, 0.25) is 5.35 Å². The fraction of sp³-hybridized carbons (Fsp3) is 0.385. The molecule has 0 saturated heterocycles. The molecule has 25 heteroatoms. The van der Waals surface area contributed by atoms with Crippen LogP contribution in [0.15, 0.2) is 85.2 Å². The van der Waals surface area contributed by atoms with E-state index in [-0.39, 0.29) is 34.7 Å². The van der Waals surface area contributed by atoms with Gasteiger partial charge in [0.25, 0.3) is 10.6 Å². The van der Waals surface area contributed by atoms with E-state index < -0.39 is 59.3 Å². The summed E-state index contributed by atoms with van der Waals surface area (Å²) in [6.45, 7) is 10.2. The minimum atomic E-state index is -1.17. The molecule has 0 radical (unpaired) electrons. The van der Waals surface area contributed by atoms with Crippen molar-refractivity contribution < 1.29 is 57.6 Å². The number of carboxylic acid groups (broad SMARTS) is 3. The Morgan fingerprint density at radius 3 is 1.92 bits per heavy atom. The summed E-state index contributed by atoms with van der Waals surface area (Å²) >= 11 is 11.9. The molecular weight excluding hydrogens is 942 g/mol. The number of nitrogens with zero attached hydrogens (tertiary/aromatic N) is 4. The number of nitrogens with one attached hydrogen (secondary N) is 3. The van der Waals surface area contributed by atoms with E-state index in [2.05, 4.69) is 48.2 Å². The van der Waals surface area contributed by atoms with Gasteiger partial charge in [-0.2, -0.15) is 17.6 Å². The van der Waals surface area contributed by atoms with E-state index in [0.717, 1.165) is 16.7 Å². The Labute approximate surface area is 390 Å². The summed E-state index contributed by atoms with van der Waals surface area (Å²) in [7, 11) is 0. The molecule has 3 atom stereocenters. The van der Waals surface area contributed by atoms with E-state index in [1.807, 2.05) is 0 Å². The lowest BCUT2D eigenvalue weighted by Crippen LogP contribution is -2.44. The number of fused-ring (bicyclic) bond motifs is 2. The molecule has 1 aliphatic heterocycles. The number of amides is 2. The molecule has 2 amide bonds. The van der Waals surface area contributed by atoms with E-state index in [0.29, 0.717) is 45.2 Å². The van der Waals surface area contributed by atoms with E-state index in [1.165, 1.54) is 17.8 Å². The van der Waals surface area contributed by atoms with Crippen LogP contribution < -0.4 is 16.1 Å². The maximum atomic E-state index is 11.7. The molecule has 0 unspecified atom stereocenters. The van der Waals surface area contributed by atoms with Crippen molar-refractivity contribution in [1.82, 2.24) is 35.6 Å². The van der Waals surface area contributed by atoms with Crippen molar-refractivity contribution in [2.45, 2.75) is 76.5 Å².